The molecule has 6 nitrogen and oxygen atoms in total. The van der Waals surface area contributed by atoms with Crippen LogP contribution in [0.4, 0.5) is 4.79 Å². The largest absolute Gasteiger partial charge is 0.508 e. The van der Waals surface area contributed by atoms with E-state index in [1.54, 1.807) is 0 Å². The van der Waals surface area contributed by atoms with Gasteiger partial charge in [-0.05, 0) is 12.8 Å². The Morgan fingerprint density at radius 1 is 1.50 bits per heavy atom. The molecule has 0 spiro atoms. The highest BCUT2D eigenvalue weighted by Crippen LogP contribution is 2.47. The van der Waals surface area contributed by atoms with E-state index in [4.69, 9.17) is 9.29 Å². The van der Waals surface area contributed by atoms with Gasteiger partial charge in [0, 0.05) is 6.42 Å². The predicted molar refractivity (Wildman–Crippen MR) is 44.4 cm³/mol. The SMILES string of the molecule is O=C1OC[C@H](CC2(S(=O)(=O)O)CC2)O1. The lowest BCUT2D eigenvalue weighted by Gasteiger charge is -2.13. The third-order valence-electron chi connectivity index (χ3n) is 2.60. The summed E-state index contributed by atoms with van der Waals surface area (Å²) in [5.74, 6) is 0. The summed E-state index contributed by atoms with van der Waals surface area (Å²) in [5.41, 5.74) is 0. The maximum Gasteiger partial charge on any atom is 0.508 e. The second-order valence-electron chi connectivity index (χ2n) is 3.66. The third-order valence-corrected chi connectivity index (χ3v) is 4.27. The van der Waals surface area contributed by atoms with E-state index in [-0.39, 0.29) is 13.0 Å². The summed E-state index contributed by atoms with van der Waals surface area (Å²) >= 11 is 0. The zero-order valence-electron chi connectivity index (χ0n) is 7.30. The Kier molecular flexibility index (Phi) is 1.97. The van der Waals surface area contributed by atoms with Crippen LogP contribution in [0.15, 0.2) is 0 Å². The van der Waals surface area contributed by atoms with Crippen molar-refractivity contribution in [3.63, 3.8) is 0 Å². The molecule has 80 valence electrons. The molecule has 2 rings (SSSR count). The highest BCUT2D eigenvalue weighted by Gasteiger charge is 2.56. The minimum absolute atomic E-state index is 0.0656. The quantitative estimate of drug-likeness (QED) is 0.546. The van der Waals surface area contributed by atoms with E-state index in [2.05, 4.69) is 4.74 Å². The number of rotatable bonds is 3. The van der Waals surface area contributed by atoms with Gasteiger partial charge in [0.1, 0.15) is 17.5 Å². The summed E-state index contributed by atoms with van der Waals surface area (Å²) in [6.45, 7) is 0.0656. The van der Waals surface area contributed by atoms with E-state index >= 15 is 0 Å². The molecule has 0 aromatic carbocycles. The van der Waals surface area contributed by atoms with Crippen LogP contribution < -0.4 is 0 Å². The maximum atomic E-state index is 11.0. The minimum atomic E-state index is -4.04. The first kappa shape index (κ1) is 9.72. The van der Waals surface area contributed by atoms with Crippen LogP contribution in [0.2, 0.25) is 0 Å². The zero-order valence-corrected chi connectivity index (χ0v) is 8.12. The monoisotopic (exact) mass is 222 g/mol. The first-order valence-electron chi connectivity index (χ1n) is 4.23. The lowest BCUT2D eigenvalue weighted by atomic mass is 10.2. The van der Waals surface area contributed by atoms with Crippen LogP contribution >= 0.6 is 0 Å². The molecule has 1 saturated carbocycles. The molecular weight excluding hydrogens is 212 g/mol. The number of hydrogen-bond donors (Lipinski definition) is 1. The molecule has 0 radical (unpaired) electrons. The number of carbonyl (C=O) groups is 1. The molecule has 0 bridgehead atoms. The van der Waals surface area contributed by atoms with E-state index in [1.807, 2.05) is 0 Å². The van der Waals surface area contributed by atoms with E-state index in [0.29, 0.717) is 12.8 Å². The van der Waals surface area contributed by atoms with Crippen LogP contribution in [-0.2, 0) is 19.6 Å². The van der Waals surface area contributed by atoms with Crippen LogP contribution in [-0.4, -0.2) is 36.6 Å². The summed E-state index contributed by atoms with van der Waals surface area (Å²) in [6.07, 6.45) is -0.370. The Balaban J connectivity index is 2.02. The molecule has 1 aliphatic carbocycles. The van der Waals surface area contributed by atoms with E-state index in [0.717, 1.165) is 0 Å². The minimum Gasteiger partial charge on any atom is -0.430 e. The van der Waals surface area contributed by atoms with Crippen LogP contribution in [0.1, 0.15) is 19.3 Å². The zero-order chi connectivity index (χ0) is 10.4. The lowest BCUT2D eigenvalue weighted by Crippen LogP contribution is -2.28. The Bertz CT molecular complexity index is 354. The molecule has 0 aromatic heterocycles. The number of hydrogen-bond acceptors (Lipinski definition) is 5. The van der Waals surface area contributed by atoms with E-state index < -0.39 is 27.1 Å². The summed E-state index contributed by atoms with van der Waals surface area (Å²) in [6, 6.07) is 0. The van der Waals surface area contributed by atoms with E-state index in [1.165, 1.54) is 0 Å². The van der Waals surface area contributed by atoms with Gasteiger partial charge in [0.05, 0.1) is 0 Å². The van der Waals surface area contributed by atoms with Gasteiger partial charge in [-0.2, -0.15) is 8.42 Å². The maximum absolute atomic E-state index is 11.0. The molecule has 0 amide bonds. The smallest absolute Gasteiger partial charge is 0.430 e. The second kappa shape index (κ2) is 2.83. The van der Waals surface area contributed by atoms with Crippen molar-refractivity contribution >= 4 is 16.3 Å². The molecule has 7 heteroatoms. The summed E-state index contributed by atoms with van der Waals surface area (Å²) in [5, 5.41) is 0. The Labute approximate surface area is 80.9 Å². The fourth-order valence-corrected chi connectivity index (χ4v) is 2.60. The van der Waals surface area contributed by atoms with Gasteiger partial charge in [0.15, 0.2) is 0 Å². The fraction of sp³-hybridized carbons (Fsp3) is 0.857. The van der Waals surface area contributed by atoms with Gasteiger partial charge in [-0.15, -0.1) is 0 Å². The molecule has 1 heterocycles. The summed E-state index contributed by atoms with van der Waals surface area (Å²) < 4.78 is 39.0. The molecule has 1 atom stereocenters. The Hall–Kier alpha value is -0.820. The number of ether oxygens (including phenoxy) is 2. The van der Waals surface area contributed by atoms with Crippen molar-refractivity contribution in [2.45, 2.75) is 30.1 Å². The predicted octanol–water partition coefficient (Wildman–Crippen LogP) is 0.332. The van der Waals surface area contributed by atoms with Crippen molar-refractivity contribution < 1.29 is 27.2 Å². The fourth-order valence-electron chi connectivity index (χ4n) is 1.59. The first-order chi connectivity index (χ1) is 6.43. The van der Waals surface area contributed by atoms with Gasteiger partial charge in [0.2, 0.25) is 0 Å². The molecule has 0 unspecified atom stereocenters. The molecule has 14 heavy (non-hydrogen) atoms. The molecule has 0 aromatic rings. The van der Waals surface area contributed by atoms with Crippen molar-refractivity contribution in [2.24, 2.45) is 0 Å². The molecule has 2 fully saturated rings. The molecular formula is C7H10O6S. The number of cyclic esters (lactones) is 2. The van der Waals surface area contributed by atoms with E-state index in [9.17, 15) is 13.2 Å². The van der Waals surface area contributed by atoms with Crippen LogP contribution in [0.5, 0.6) is 0 Å². The van der Waals surface area contributed by atoms with Crippen LogP contribution in [0.25, 0.3) is 0 Å². The van der Waals surface area contributed by atoms with Gasteiger partial charge >= 0.3 is 6.16 Å². The highest BCUT2D eigenvalue weighted by atomic mass is 32.2. The van der Waals surface area contributed by atoms with Crippen LogP contribution in [0, 0.1) is 0 Å². The van der Waals surface area contributed by atoms with Crippen molar-refractivity contribution in [3.8, 4) is 0 Å². The second-order valence-corrected chi connectivity index (χ2v) is 5.48. The average molecular weight is 222 g/mol. The van der Waals surface area contributed by atoms with Crippen LogP contribution in [0.3, 0.4) is 0 Å². The topological polar surface area (TPSA) is 89.9 Å². The molecule has 2 aliphatic rings. The average Bonchev–Trinajstić information content (AvgIpc) is 2.71. The van der Waals surface area contributed by atoms with Crippen molar-refractivity contribution in [3.05, 3.63) is 0 Å². The van der Waals surface area contributed by atoms with Crippen molar-refractivity contribution in [2.75, 3.05) is 6.61 Å². The standard InChI is InChI=1S/C7H10O6S/c8-6-12-4-5(13-6)3-7(1-2-7)14(9,10)11/h5H,1-4H2,(H,9,10,11)/t5-/m0/s1. The Morgan fingerprint density at radius 3 is 2.50 bits per heavy atom. The van der Waals surface area contributed by atoms with Gasteiger partial charge in [0.25, 0.3) is 10.1 Å². The number of carbonyl (C=O) groups excluding carboxylic acids is 1. The Morgan fingerprint density at radius 2 is 2.14 bits per heavy atom. The lowest BCUT2D eigenvalue weighted by molar-refractivity contribution is 0.115. The van der Waals surface area contributed by atoms with Gasteiger partial charge in [-0.3, -0.25) is 4.55 Å². The molecule has 1 N–H and O–H groups in total. The van der Waals surface area contributed by atoms with Crippen molar-refractivity contribution in [1.29, 1.82) is 0 Å². The summed E-state index contributed by atoms with van der Waals surface area (Å²) in [7, 11) is -4.04. The third kappa shape index (κ3) is 1.57. The van der Waals surface area contributed by atoms with Gasteiger partial charge in [-0.25, -0.2) is 4.79 Å². The summed E-state index contributed by atoms with van der Waals surface area (Å²) in [4.78, 5) is 10.6. The van der Waals surface area contributed by atoms with Gasteiger partial charge < -0.3 is 9.47 Å². The van der Waals surface area contributed by atoms with Gasteiger partial charge in [-0.1, -0.05) is 0 Å². The molecule has 1 aliphatic heterocycles. The highest BCUT2D eigenvalue weighted by molar-refractivity contribution is 7.87. The molecule has 1 saturated heterocycles. The first-order valence-corrected chi connectivity index (χ1v) is 5.67. The van der Waals surface area contributed by atoms with Crippen molar-refractivity contribution in [1.82, 2.24) is 0 Å². The normalized spacial score (nSPS) is 29.5.